The summed E-state index contributed by atoms with van der Waals surface area (Å²) in [5, 5.41) is 23.9. The number of rotatable bonds is 8. The Morgan fingerprint density at radius 1 is 1.59 bits per heavy atom. The Morgan fingerprint density at radius 3 is 2.65 bits per heavy atom. The highest BCUT2D eigenvalue weighted by atomic mass is 35.5. The molecular formula is C9H18ClN3O4. The van der Waals surface area contributed by atoms with Crippen molar-refractivity contribution in [1.82, 2.24) is 10.3 Å². The number of hydrogen-bond acceptors (Lipinski definition) is 5. The second-order valence-electron chi connectivity index (χ2n) is 3.49. The fraction of sp³-hybridized carbons (Fsp3) is 0.889. The van der Waals surface area contributed by atoms with Gasteiger partial charge in [0.05, 0.1) is 30.6 Å². The van der Waals surface area contributed by atoms with Crippen molar-refractivity contribution in [2.24, 2.45) is 5.29 Å². The van der Waals surface area contributed by atoms with Crippen molar-refractivity contribution in [3.63, 3.8) is 0 Å². The molecule has 0 saturated carbocycles. The van der Waals surface area contributed by atoms with Gasteiger partial charge in [-0.1, -0.05) is 13.3 Å². The number of amides is 2. The monoisotopic (exact) mass is 267 g/mol. The zero-order chi connectivity index (χ0) is 13.3. The topological polar surface area (TPSA) is 102 Å². The summed E-state index contributed by atoms with van der Waals surface area (Å²) in [6, 6.07) is -1.34. The van der Waals surface area contributed by atoms with Crippen molar-refractivity contribution >= 4 is 17.6 Å². The van der Waals surface area contributed by atoms with E-state index in [2.05, 4.69) is 10.6 Å². The Kier molecular flexibility index (Phi) is 8.65. The summed E-state index contributed by atoms with van der Waals surface area (Å²) in [6.45, 7) is 1.40. The van der Waals surface area contributed by atoms with E-state index in [1.54, 1.807) is 0 Å². The molecule has 0 aliphatic heterocycles. The zero-order valence-electron chi connectivity index (χ0n) is 9.67. The standard InChI is InChI=1S/C9H18ClN3O4/c1-2-3-7(8(15)6-14)11-9(16)13(12-17)5-4-10/h7-8,14-15H,2-6H2,1H3,(H,11,16). The average molecular weight is 268 g/mol. The Bertz CT molecular complexity index is 242. The summed E-state index contributed by atoms with van der Waals surface area (Å²) in [5.74, 6) is 0.0835. The second kappa shape index (κ2) is 9.15. The molecule has 0 bridgehead atoms. The minimum atomic E-state index is -1.07. The quantitative estimate of drug-likeness (QED) is 0.337. The minimum Gasteiger partial charge on any atom is -0.394 e. The Hall–Kier alpha value is -0.920. The van der Waals surface area contributed by atoms with E-state index in [1.807, 2.05) is 6.92 Å². The molecule has 7 nitrogen and oxygen atoms in total. The van der Waals surface area contributed by atoms with Crippen molar-refractivity contribution in [3.8, 4) is 0 Å². The van der Waals surface area contributed by atoms with Gasteiger partial charge in [0.2, 0.25) is 0 Å². The molecule has 0 fully saturated rings. The first-order chi connectivity index (χ1) is 8.10. The summed E-state index contributed by atoms with van der Waals surface area (Å²) in [7, 11) is 0. The maximum Gasteiger partial charge on any atom is 0.340 e. The van der Waals surface area contributed by atoms with E-state index in [0.29, 0.717) is 17.9 Å². The molecule has 17 heavy (non-hydrogen) atoms. The van der Waals surface area contributed by atoms with E-state index >= 15 is 0 Å². The van der Waals surface area contributed by atoms with Gasteiger partial charge in [-0.3, -0.25) is 0 Å². The summed E-state index contributed by atoms with van der Waals surface area (Å²) in [6.07, 6.45) is 0.135. The van der Waals surface area contributed by atoms with Crippen LogP contribution in [0.25, 0.3) is 0 Å². The van der Waals surface area contributed by atoms with Crippen molar-refractivity contribution in [1.29, 1.82) is 0 Å². The van der Waals surface area contributed by atoms with Crippen LogP contribution in [0.5, 0.6) is 0 Å². The van der Waals surface area contributed by atoms with Crippen molar-refractivity contribution in [2.45, 2.75) is 31.9 Å². The molecular weight excluding hydrogens is 250 g/mol. The molecule has 0 spiro atoms. The van der Waals surface area contributed by atoms with Crippen LogP contribution in [-0.4, -0.2) is 52.4 Å². The van der Waals surface area contributed by atoms with Crippen molar-refractivity contribution in [2.75, 3.05) is 19.0 Å². The third kappa shape index (κ3) is 5.81. The molecule has 2 amide bonds. The highest BCUT2D eigenvalue weighted by Crippen LogP contribution is 2.04. The van der Waals surface area contributed by atoms with Crippen molar-refractivity contribution < 1.29 is 15.0 Å². The van der Waals surface area contributed by atoms with Gasteiger partial charge in [0.1, 0.15) is 0 Å². The van der Waals surface area contributed by atoms with Gasteiger partial charge in [0, 0.05) is 5.88 Å². The fourth-order valence-electron chi connectivity index (χ4n) is 1.29. The van der Waals surface area contributed by atoms with Crippen LogP contribution >= 0.6 is 11.6 Å². The van der Waals surface area contributed by atoms with Gasteiger partial charge in [-0.25, -0.2) is 4.79 Å². The number of halogens is 1. The first kappa shape index (κ1) is 16.1. The Morgan fingerprint density at radius 2 is 2.24 bits per heavy atom. The van der Waals surface area contributed by atoms with Gasteiger partial charge in [0.15, 0.2) is 0 Å². The highest BCUT2D eigenvalue weighted by molar-refractivity contribution is 6.18. The molecule has 2 unspecified atom stereocenters. The van der Waals surface area contributed by atoms with Crippen LogP contribution in [-0.2, 0) is 0 Å². The number of aliphatic hydroxyl groups excluding tert-OH is 2. The SMILES string of the molecule is CCCC(NC(=O)N(CCCl)N=O)C(O)CO. The number of nitroso groups, excluding NO2 is 1. The minimum absolute atomic E-state index is 0.00897. The molecule has 0 aromatic rings. The van der Waals surface area contributed by atoms with Gasteiger partial charge in [-0.2, -0.15) is 5.01 Å². The first-order valence-corrected chi connectivity index (χ1v) is 5.90. The lowest BCUT2D eigenvalue weighted by Crippen LogP contribution is -2.49. The number of nitrogens with one attached hydrogen (secondary N) is 1. The fourth-order valence-corrected chi connectivity index (χ4v) is 1.45. The molecule has 0 rings (SSSR count). The molecule has 0 radical (unpaired) electrons. The lowest BCUT2D eigenvalue weighted by atomic mass is 10.1. The van der Waals surface area contributed by atoms with E-state index in [4.69, 9.17) is 16.7 Å². The van der Waals surface area contributed by atoms with Gasteiger partial charge in [0.25, 0.3) is 0 Å². The average Bonchev–Trinajstić information content (AvgIpc) is 2.34. The van der Waals surface area contributed by atoms with Gasteiger partial charge in [-0.05, 0) is 6.42 Å². The number of carbonyl (C=O) groups is 1. The summed E-state index contributed by atoms with van der Waals surface area (Å²) in [5.41, 5.74) is 0. The predicted molar refractivity (Wildman–Crippen MR) is 63.5 cm³/mol. The molecule has 0 aliphatic carbocycles. The van der Waals surface area contributed by atoms with Gasteiger partial charge < -0.3 is 15.5 Å². The molecule has 100 valence electrons. The van der Waals surface area contributed by atoms with Gasteiger partial charge >= 0.3 is 6.03 Å². The molecule has 0 saturated heterocycles. The zero-order valence-corrected chi connectivity index (χ0v) is 10.4. The Labute approximate surface area is 105 Å². The van der Waals surface area contributed by atoms with Crippen molar-refractivity contribution in [3.05, 3.63) is 4.91 Å². The number of aliphatic hydroxyl groups is 2. The molecule has 0 aromatic heterocycles. The van der Waals surface area contributed by atoms with Crippen LogP contribution in [0.1, 0.15) is 19.8 Å². The summed E-state index contributed by atoms with van der Waals surface area (Å²) >= 11 is 5.40. The molecule has 2 atom stereocenters. The normalized spacial score (nSPS) is 13.9. The summed E-state index contributed by atoms with van der Waals surface area (Å²) in [4.78, 5) is 21.9. The molecule has 0 aromatic carbocycles. The second-order valence-corrected chi connectivity index (χ2v) is 3.87. The predicted octanol–water partition coefficient (Wildman–Crippen LogP) is 0.440. The summed E-state index contributed by atoms with van der Waals surface area (Å²) < 4.78 is 0. The number of carbonyl (C=O) groups excluding carboxylic acids is 1. The lowest BCUT2D eigenvalue weighted by molar-refractivity contribution is 0.0605. The van der Waals surface area contributed by atoms with Crippen LogP contribution in [0.4, 0.5) is 4.79 Å². The number of nitrogens with zero attached hydrogens (tertiary/aromatic N) is 2. The maximum absolute atomic E-state index is 11.5. The molecule has 3 N–H and O–H groups in total. The molecule has 0 aliphatic rings. The largest absolute Gasteiger partial charge is 0.394 e. The number of hydrogen-bond donors (Lipinski definition) is 3. The maximum atomic E-state index is 11.5. The van der Waals surface area contributed by atoms with E-state index in [-0.39, 0.29) is 12.4 Å². The van der Waals surface area contributed by atoms with E-state index in [1.165, 1.54) is 0 Å². The van der Waals surface area contributed by atoms with Crippen LogP contribution in [0.2, 0.25) is 0 Å². The third-order valence-electron chi connectivity index (χ3n) is 2.19. The van der Waals surface area contributed by atoms with E-state index in [0.717, 1.165) is 0 Å². The van der Waals surface area contributed by atoms with Crippen LogP contribution in [0, 0.1) is 4.91 Å². The lowest BCUT2D eigenvalue weighted by Gasteiger charge is -2.24. The van der Waals surface area contributed by atoms with Crippen LogP contribution < -0.4 is 5.32 Å². The third-order valence-corrected chi connectivity index (χ3v) is 2.36. The Balaban J connectivity index is 4.41. The smallest absolute Gasteiger partial charge is 0.340 e. The van der Waals surface area contributed by atoms with E-state index in [9.17, 15) is 14.8 Å². The van der Waals surface area contributed by atoms with E-state index < -0.39 is 24.8 Å². The molecule has 8 heteroatoms. The van der Waals surface area contributed by atoms with Crippen LogP contribution in [0.3, 0.4) is 0 Å². The highest BCUT2D eigenvalue weighted by Gasteiger charge is 2.23. The number of urea groups is 1. The van der Waals surface area contributed by atoms with Gasteiger partial charge in [-0.15, -0.1) is 16.5 Å². The molecule has 0 heterocycles. The number of alkyl halides is 1. The first-order valence-electron chi connectivity index (χ1n) is 5.36. The van der Waals surface area contributed by atoms with Crippen LogP contribution in [0.15, 0.2) is 5.29 Å².